The highest BCUT2D eigenvalue weighted by Gasteiger charge is 2.21. The van der Waals surface area contributed by atoms with Crippen LogP contribution in [0.15, 0.2) is 106 Å². The van der Waals surface area contributed by atoms with E-state index in [1.807, 2.05) is 54.6 Å². The molecule has 240 valence electrons. The van der Waals surface area contributed by atoms with E-state index in [2.05, 4.69) is 36.2 Å². The van der Waals surface area contributed by atoms with Crippen LogP contribution in [-0.2, 0) is 16.4 Å². The van der Waals surface area contributed by atoms with Crippen molar-refractivity contribution in [2.45, 2.75) is 24.5 Å². The predicted octanol–water partition coefficient (Wildman–Crippen LogP) is 7.84. The summed E-state index contributed by atoms with van der Waals surface area (Å²) in [6, 6.07) is 22.2. The van der Waals surface area contributed by atoms with Crippen molar-refractivity contribution >= 4 is 59.5 Å². The minimum Gasteiger partial charge on any atom is -0.488 e. The molecule has 3 heterocycles. The summed E-state index contributed by atoms with van der Waals surface area (Å²) < 4.78 is 45.7. The van der Waals surface area contributed by atoms with E-state index in [0.717, 1.165) is 26.1 Å². The Kier molecular flexibility index (Phi) is 9.87. The summed E-state index contributed by atoms with van der Waals surface area (Å²) >= 11 is 5.08. The molecule has 0 radical (unpaired) electrons. The van der Waals surface area contributed by atoms with E-state index in [1.54, 1.807) is 42.6 Å². The van der Waals surface area contributed by atoms with E-state index in [9.17, 15) is 12.8 Å². The normalized spacial score (nSPS) is 12.4. The Labute approximate surface area is 284 Å². The third-order valence-corrected chi connectivity index (χ3v) is 11.0. The van der Waals surface area contributed by atoms with Gasteiger partial charge in [-0.2, -0.15) is 0 Å². The molecule has 0 aliphatic heterocycles. The number of pyridine rings is 1. The molecule has 13 heteroatoms. The quantitative estimate of drug-likeness (QED) is 0.135. The molecule has 0 aliphatic carbocycles. The topological polar surface area (TPSA) is 110 Å². The zero-order valence-electron chi connectivity index (χ0n) is 25.5. The van der Waals surface area contributed by atoms with Crippen LogP contribution in [0, 0.1) is 5.82 Å². The lowest BCUT2D eigenvalue weighted by Crippen LogP contribution is -2.28. The molecule has 0 saturated carbocycles. The van der Waals surface area contributed by atoms with Gasteiger partial charge in [-0.25, -0.2) is 27.8 Å². The summed E-state index contributed by atoms with van der Waals surface area (Å²) in [5, 5.41) is 6.94. The molecule has 0 aliphatic rings. The zero-order valence-corrected chi connectivity index (χ0v) is 28.7. The van der Waals surface area contributed by atoms with Crippen molar-refractivity contribution in [1.82, 2.24) is 24.8 Å². The van der Waals surface area contributed by atoms with Crippen LogP contribution in [0.4, 0.5) is 15.9 Å². The van der Waals surface area contributed by atoms with Gasteiger partial charge in [0.05, 0.1) is 44.3 Å². The smallest absolute Gasteiger partial charge is 0.179 e. The Morgan fingerprint density at radius 1 is 1.00 bits per heavy atom. The van der Waals surface area contributed by atoms with Gasteiger partial charge in [-0.05, 0) is 84.0 Å². The van der Waals surface area contributed by atoms with Crippen molar-refractivity contribution in [3.8, 4) is 17.1 Å². The standard InChI is InChI=1S/C34H30BrFN6O3S2/c1-22(42(2)13-14-47(43,44)26-9-4-3-5-10-26)34-41-31(20-46-34)29-17-27-30(18-37-29)38-21-39-33(27)40-25-11-12-32(28(35)16-25)45-19-23-7-6-8-24(36)15-23/h3-12,15-18,20-22H,13-14,19H2,1-2H3,(H,38,39,40). The molecular formula is C34H30BrFN6O3S2. The number of nitrogens with zero attached hydrogens (tertiary/aromatic N) is 5. The predicted molar refractivity (Wildman–Crippen MR) is 186 cm³/mol. The molecule has 0 spiro atoms. The van der Waals surface area contributed by atoms with Crippen molar-refractivity contribution in [3.05, 3.63) is 118 Å². The monoisotopic (exact) mass is 732 g/mol. The van der Waals surface area contributed by atoms with Crippen LogP contribution in [0.25, 0.3) is 22.3 Å². The fraction of sp³-hybridized carbons (Fsp3) is 0.176. The number of thiazole rings is 1. The zero-order chi connectivity index (χ0) is 33.0. The van der Waals surface area contributed by atoms with Gasteiger partial charge in [0.25, 0.3) is 0 Å². The largest absolute Gasteiger partial charge is 0.488 e. The number of aromatic nitrogens is 4. The lowest BCUT2D eigenvalue weighted by molar-refractivity contribution is 0.276. The maximum atomic E-state index is 13.5. The molecule has 0 bridgehead atoms. The van der Waals surface area contributed by atoms with Crippen molar-refractivity contribution < 1.29 is 17.5 Å². The lowest BCUT2D eigenvalue weighted by Gasteiger charge is -2.22. The second kappa shape index (κ2) is 14.2. The second-order valence-corrected chi connectivity index (χ2v) is 14.7. The highest BCUT2D eigenvalue weighted by Crippen LogP contribution is 2.33. The van der Waals surface area contributed by atoms with Gasteiger partial charge in [0.1, 0.15) is 35.3 Å². The molecular weight excluding hydrogens is 703 g/mol. The van der Waals surface area contributed by atoms with Crippen LogP contribution in [0.1, 0.15) is 23.5 Å². The number of anilines is 2. The van der Waals surface area contributed by atoms with Gasteiger partial charge in [-0.1, -0.05) is 30.3 Å². The molecule has 1 atom stereocenters. The molecule has 9 nitrogen and oxygen atoms in total. The lowest BCUT2D eigenvalue weighted by atomic mass is 10.2. The molecule has 6 aromatic rings. The van der Waals surface area contributed by atoms with Gasteiger partial charge in [0.2, 0.25) is 0 Å². The average Bonchev–Trinajstić information content (AvgIpc) is 3.57. The van der Waals surface area contributed by atoms with E-state index in [-0.39, 0.29) is 24.2 Å². The number of sulfone groups is 1. The highest BCUT2D eigenvalue weighted by atomic mass is 79.9. The SMILES string of the molecule is CC(c1nc(-c2cc3c(Nc4ccc(OCc5cccc(F)c5)c(Br)c4)ncnc3cn2)cs1)N(C)CCS(=O)(=O)c1ccccc1. The first-order valence-electron chi connectivity index (χ1n) is 14.6. The van der Waals surface area contributed by atoms with E-state index in [0.29, 0.717) is 39.9 Å². The number of fused-ring (bicyclic) bond motifs is 1. The fourth-order valence-corrected chi connectivity index (χ4v) is 7.57. The van der Waals surface area contributed by atoms with Crippen LogP contribution < -0.4 is 10.1 Å². The van der Waals surface area contributed by atoms with E-state index >= 15 is 0 Å². The second-order valence-electron chi connectivity index (χ2n) is 10.9. The number of rotatable bonds is 12. The van der Waals surface area contributed by atoms with Crippen LogP contribution in [0.2, 0.25) is 0 Å². The van der Waals surface area contributed by atoms with Crippen molar-refractivity contribution in [2.75, 3.05) is 24.7 Å². The third-order valence-electron chi connectivity index (χ3n) is 7.62. The van der Waals surface area contributed by atoms with Crippen molar-refractivity contribution in [3.63, 3.8) is 0 Å². The molecule has 3 aromatic heterocycles. The first kappa shape index (κ1) is 32.6. The Bertz CT molecular complexity index is 2130. The fourth-order valence-electron chi connectivity index (χ4n) is 4.81. The van der Waals surface area contributed by atoms with Crippen molar-refractivity contribution in [2.24, 2.45) is 0 Å². The van der Waals surface area contributed by atoms with Gasteiger partial charge in [-0.15, -0.1) is 11.3 Å². The van der Waals surface area contributed by atoms with Crippen molar-refractivity contribution in [1.29, 1.82) is 0 Å². The molecule has 1 N–H and O–H groups in total. The van der Waals surface area contributed by atoms with Crippen LogP contribution >= 0.6 is 27.3 Å². The summed E-state index contributed by atoms with van der Waals surface area (Å²) in [4.78, 5) is 20.6. The van der Waals surface area contributed by atoms with Crippen LogP contribution in [0.3, 0.4) is 0 Å². The van der Waals surface area contributed by atoms with Gasteiger partial charge >= 0.3 is 0 Å². The number of nitrogens with one attached hydrogen (secondary N) is 1. The molecule has 0 saturated heterocycles. The summed E-state index contributed by atoms with van der Waals surface area (Å²) in [6.07, 6.45) is 3.17. The highest BCUT2D eigenvalue weighted by molar-refractivity contribution is 9.10. The summed E-state index contributed by atoms with van der Waals surface area (Å²) in [5.74, 6) is 0.930. The number of hydrogen-bond donors (Lipinski definition) is 1. The molecule has 0 amide bonds. The molecule has 3 aromatic carbocycles. The first-order valence-corrected chi connectivity index (χ1v) is 18.0. The van der Waals surface area contributed by atoms with Crippen LogP contribution in [0.5, 0.6) is 5.75 Å². The number of benzene rings is 3. The molecule has 1 unspecified atom stereocenters. The average molecular weight is 734 g/mol. The molecule has 0 fully saturated rings. The summed E-state index contributed by atoms with van der Waals surface area (Å²) in [5.41, 5.74) is 3.56. The van der Waals surface area contributed by atoms with Gasteiger partial charge < -0.3 is 10.1 Å². The Balaban J connectivity index is 1.15. The minimum absolute atomic E-state index is 0.0132. The third kappa shape index (κ3) is 7.82. The first-order chi connectivity index (χ1) is 22.7. The maximum absolute atomic E-state index is 13.5. The Hall–Kier alpha value is -4.30. The maximum Gasteiger partial charge on any atom is 0.179 e. The minimum atomic E-state index is -3.38. The number of halogens is 2. The van der Waals surface area contributed by atoms with E-state index in [4.69, 9.17) is 9.72 Å². The number of ether oxygens (including phenoxy) is 1. The Morgan fingerprint density at radius 3 is 2.62 bits per heavy atom. The van der Waals surface area contributed by atoms with Crippen LogP contribution in [-0.4, -0.2) is 52.6 Å². The molecule has 47 heavy (non-hydrogen) atoms. The van der Waals surface area contributed by atoms with Gasteiger partial charge in [0, 0.05) is 23.0 Å². The summed E-state index contributed by atoms with van der Waals surface area (Å²) in [7, 11) is -1.48. The van der Waals surface area contributed by atoms with Gasteiger partial charge in [-0.3, -0.25) is 9.88 Å². The number of hydrogen-bond acceptors (Lipinski definition) is 10. The van der Waals surface area contributed by atoms with E-state index in [1.165, 1.54) is 29.8 Å². The van der Waals surface area contributed by atoms with E-state index < -0.39 is 9.84 Å². The van der Waals surface area contributed by atoms with Gasteiger partial charge in [0.15, 0.2) is 9.84 Å². The summed E-state index contributed by atoms with van der Waals surface area (Å²) in [6.45, 7) is 2.61. The molecule has 6 rings (SSSR count). The Morgan fingerprint density at radius 2 is 1.83 bits per heavy atom.